The van der Waals surface area contributed by atoms with Crippen LogP contribution in [0, 0.1) is 5.82 Å². The molecule has 0 spiro atoms. The maximum atomic E-state index is 13.8. The van der Waals surface area contributed by atoms with E-state index in [2.05, 4.69) is 28.2 Å². The van der Waals surface area contributed by atoms with Crippen LogP contribution in [0.5, 0.6) is 0 Å². The number of fused-ring (bicyclic) bond motifs is 1. The molecule has 2 heterocycles. The molecule has 1 atom stereocenters. The molecular formula is C16H24FN3S. The topological polar surface area (TPSA) is 18.5 Å². The second-order valence-corrected chi connectivity index (χ2v) is 7.05. The van der Waals surface area contributed by atoms with Crippen LogP contribution >= 0.6 is 11.8 Å². The van der Waals surface area contributed by atoms with Crippen molar-refractivity contribution in [3.8, 4) is 0 Å². The lowest BCUT2D eigenvalue weighted by Gasteiger charge is -2.33. The minimum Gasteiger partial charge on any atom is -0.309 e. The van der Waals surface area contributed by atoms with E-state index in [0.29, 0.717) is 6.04 Å². The summed E-state index contributed by atoms with van der Waals surface area (Å²) in [6.45, 7) is 6.70. The van der Waals surface area contributed by atoms with Gasteiger partial charge in [0.05, 0.1) is 0 Å². The van der Waals surface area contributed by atoms with E-state index in [1.165, 1.54) is 0 Å². The highest BCUT2D eigenvalue weighted by Gasteiger charge is 2.22. The van der Waals surface area contributed by atoms with Gasteiger partial charge in [-0.3, -0.25) is 4.90 Å². The minimum atomic E-state index is -0.0666. The molecule has 5 heteroatoms. The van der Waals surface area contributed by atoms with E-state index < -0.39 is 0 Å². The SMILES string of the molecule is CN1CCN(CCNC2CCSc3c(F)cccc32)CC1. The van der Waals surface area contributed by atoms with E-state index in [0.717, 1.165) is 61.9 Å². The third-order valence-corrected chi connectivity index (χ3v) is 5.60. The number of nitrogens with zero attached hydrogens (tertiary/aromatic N) is 2. The lowest BCUT2D eigenvalue weighted by molar-refractivity contribution is 0.153. The molecule has 1 N–H and O–H groups in total. The van der Waals surface area contributed by atoms with E-state index >= 15 is 0 Å². The largest absolute Gasteiger partial charge is 0.309 e. The Morgan fingerprint density at radius 1 is 1.29 bits per heavy atom. The van der Waals surface area contributed by atoms with E-state index in [1.807, 2.05) is 6.07 Å². The summed E-state index contributed by atoms with van der Waals surface area (Å²) >= 11 is 1.65. The molecule has 116 valence electrons. The number of likely N-dealkylation sites (N-methyl/N-ethyl adjacent to an activating group) is 1. The summed E-state index contributed by atoms with van der Waals surface area (Å²) in [6, 6.07) is 5.77. The number of thioether (sulfide) groups is 1. The van der Waals surface area contributed by atoms with Crippen LogP contribution in [0.4, 0.5) is 4.39 Å². The number of hydrogen-bond donors (Lipinski definition) is 1. The fraction of sp³-hybridized carbons (Fsp3) is 0.625. The van der Waals surface area contributed by atoms with Gasteiger partial charge in [-0.05, 0) is 30.9 Å². The molecule has 0 radical (unpaired) electrons. The number of piperazine rings is 1. The first kappa shape index (κ1) is 15.3. The maximum Gasteiger partial charge on any atom is 0.137 e. The Morgan fingerprint density at radius 2 is 2.10 bits per heavy atom. The summed E-state index contributed by atoms with van der Waals surface area (Å²) in [5.74, 6) is 0.934. The van der Waals surface area contributed by atoms with Gasteiger partial charge in [0.25, 0.3) is 0 Å². The molecule has 0 aromatic heterocycles. The Labute approximate surface area is 130 Å². The second-order valence-electron chi connectivity index (χ2n) is 5.95. The van der Waals surface area contributed by atoms with Crippen LogP contribution in [0.25, 0.3) is 0 Å². The average molecular weight is 309 g/mol. The van der Waals surface area contributed by atoms with Crippen molar-refractivity contribution in [2.24, 2.45) is 0 Å². The monoisotopic (exact) mass is 309 g/mol. The number of rotatable bonds is 4. The van der Waals surface area contributed by atoms with Crippen LogP contribution in [0.2, 0.25) is 0 Å². The Morgan fingerprint density at radius 3 is 2.90 bits per heavy atom. The summed E-state index contributed by atoms with van der Waals surface area (Å²) in [5, 5.41) is 3.63. The summed E-state index contributed by atoms with van der Waals surface area (Å²) in [6.07, 6.45) is 1.09. The van der Waals surface area contributed by atoms with Crippen LogP contribution in [0.3, 0.4) is 0 Å². The van der Waals surface area contributed by atoms with Crippen LogP contribution in [0.15, 0.2) is 23.1 Å². The Bertz CT molecular complexity index is 475. The molecule has 21 heavy (non-hydrogen) atoms. The third kappa shape index (κ3) is 3.77. The summed E-state index contributed by atoms with van der Waals surface area (Å²) < 4.78 is 13.8. The molecule has 1 unspecified atom stereocenters. The van der Waals surface area contributed by atoms with Crippen molar-refractivity contribution in [3.63, 3.8) is 0 Å². The van der Waals surface area contributed by atoms with Crippen molar-refractivity contribution in [2.45, 2.75) is 17.4 Å². The molecular weight excluding hydrogens is 285 g/mol. The molecule has 1 aromatic carbocycles. The van der Waals surface area contributed by atoms with E-state index in [4.69, 9.17) is 0 Å². The van der Waals surface area contributed by atoms with Crippen molar-refractivity contribution in [2.75, 3.05) is 52.1 Å². The summed E-state index contributed by atoms with van der Waals surface area (Å²) in [5.41, 5.74) is 1.14. The zero-order valence-electron chi connectivity index (χ0n) is 12.6. The Hall–Kier alpha value is -0.620. The van der Waals surface area contributed by atoms with Crippen molar-refractivity contribution in [3.05, 3.63) is 29.6 Å². The fourth-order valence-corrected chi connectivity index (χ4v) is 4.21. The highest BCUT2D eigenvalue weighted by molar-refractivity contribution is 7.99. The smallest absolute Gasteiger partial charge is 0.137 e. The zero-order chi connectivity index (χ0) is 14.7. The van der Waals surface area contributed by atoms with E-state index in [-0.39, 0.29) is 5.82 Å². The molecule has 1 fully saturated rings. The first-order valence-corrected chi connectivity index (χ1v) is 8.78. The van der Waals surface area contributed by atoms with Gasteiger partial charge in [-0.1, -0.05) is 12.1 Å². The molecule has 1 saturated heterocycles. The Balaban J connectivity index is 1.52. The summed E-state index contributed by atoms with van der Waals surface area (Å²) in [4.78, 5) is 5.74. The van der Waals surface area contributed by atoms with E-state index in [9.17, 15) is 4.39 Å². The molecule has 2 aliphatic rings. The number of hydrogen-bond acceptors (Lipinski definition) is 4. The molecule has 0 saturated carbocycles. The van der Waals surface area contributed by atoms with Gasteiger partial charge < -0.3 is 10.2 Å². The van der Waals surface area contributed by atoms with Gasteiger partial charge in [-0.15, -0.1) is 11.8 Å². The first-order chi connectivity index (χ1) is 10.2. The van der Waals surface area contributed by atoms with Crippen LogP contribution in [-0.2, 0) is 0 Å². The van der Waals surface area contributed by atoms with Gasteiger partial charge >= 0.3 is 0 Å². The van der Waals surface area contributed by atoms with Gasteiger partial charge in [0.15, 0.2) is 0 Å². The molecule has 3 nitrogen and oxygen atoms in total. The predicted octanol–water partition coefficient (Wildman–Crippen LogP) is 2.20. The fourth-order valence-electron chi connectivity index (χ4n) is 3.07. The first-order valence-electron chi connectivity index (χ1n) is 7.79. The number of benzene rings is 1. The standard InChI is InChI=1S/C16H24FN3S/c1-19-8-10-20(11-9-19)7-6-18-15-5-12-21-16-13(15)3-2-4-14(16)17/h2-4,15,18H,5-12H2,1H3. The molecule has 1 aromatic rings. The normalized spacial score (nSPS) is 24.0. The number of halogens is 1. The molecule has 2 aliphatic heterocycles. The molecule has 0 bridgehead atoms. The second kappa shape index (κ2) is 7.09. The van der Waals surface area contributed by atoms with E-state index in [1.54, 1.807) is 17.8 Å². The van der Waals surface area contributed by atoms with Gasteiger partial charge in [0.1, 0.15) is 5.82 Å². The van der Waals surface area contributed by atoms with Crippen LogP contribution in [0.1, 0.15) is 18.0 Å². The quantitative estimate of drug-likeness (QED) is 0.919. The van der Waals surface area contributed by atoms with Crippen LogP contribution < -0.4 is 5.32 Å². The zero-order valence-corrected chi connectivity index (χ0v) is 13.5. The lowest BCUT2D eigenvalue weighted by Crippen LogP contribution is -2.46. The predicted molar refractivity (Wildman–Crippen MR) is 86.4 cm³/mol. The number of nitrogens with one attached hydrogen (secondary N) is 1. The lowest BCUT2D eigenvalue weighted by atomic mass is 10.0. The maximum absolute atomic E-state index is 13.8. The van der Waals surface area contributed by atoms with Gasteiger partial charge in [-0.2, -0.15) is 0 Å². The van der Waals surface area contributed by atoms with Gasteiger partial charge in [0, 0.05) is 50.2 Å². The van der Waals surface area contributed by atoms with Crippen molar-refractivity contribution in [1.29, 1.82) is 0 Å². The highest BCUT2D eigenvalue weighted by atomic mass is 32.2. The average Bonchev–Trinajstić information content (AvgIpc) is 2.50. The Kier molecular flexibility index (Phi) is 5.16. The molecule has 0 aliphatic carbocycles. The minimum absolute atomic E-state index is 0.0666. The summed E-state index contributed by atoms with van der Waals surface area (Å²) in [7, 11) is 2.18. The van der Waals surface area contributed by atoms with Crippen molar-refractivity contribution < 1.29 is 4.39 Å². The van der Waals surface area contributed by atoms with Crippen LogP contribution in [-0.4, -0.2) is 61.9 Å². The van der Waals surface area contributed by atoms with Gasteiger partial charge in [0.2, 0.25) is 0 Å². The highest BCUT2D eigenvalue weighted by Crippen LogP contribution is 2.37. The van der Waals surface area contributed by atoms with Gasteiger partial charge in [-0.25, -0.2) is 4.39 Å². The molecule has 3 rings (SSSR count). The molecule has 0 amide bonds. The third-order valence-electron chi connectivity index (χ3n) is 4.44. The van der Waals surface area contributed by atoms with Crippen molar-refractivity contribution in [1.82, 2.24) is 15.1 Å². The van der Waals surface area contributed by atoms with Crippen molar-refractivity contribution >= 4 is 11.8 Å².